The third kappa shape index (κ3) is 5.08. The number of rotatable bonds is 3. The highest BCUT2D eigenvalue weighted by molar-refractivity contribution is 7.92. The minimum absolute atomic E-state index is 0.126. The van der Waals surface area contributed by atoms with Crippen molar-refractivity contribution in [2.45, 2.75) is 49.7 Å². The van der Waals surface area contributed by atoms with Gasteiger partial charge in [-0.2, -0.15) is 0 Å². The number of carbonyl (C=O) groups excluding carboxylic acids is 1. The third-order valence-corrected chi connectivity index (χ3v) is 6.23. The van der Waals surface area contributed by atoms with Crippen LogP contribution in [0.5, 0.6) is 0 Å². The fourth-order valence-corrected chi connectivity index (χ4v) is 4.33. The standard InChI is InChI=1S/C20H26O2S/c1-15(2)17-11-9-16(3)10-14-20(19(21)13-12-17)23(22)18-7-5-4-6-8-18/h4-9,11,15,17,20H,3,10,12-14H2,1-2H3/b11-9+/t17-,20?,23?/m0/s1. The van der Waals surface area contributed by atoms with Crippen LogP contribution >= 0.6 is 0 Å². The van der Waals surface area contributed by atoms with E-state index in [1.165, 1.54) is 0 Å². The summed E-state index contributed by atoms with van der Waals surface area (Å²) in [5.74, 6) is 0.991. The highest BCUT2D eigenvalue weighted by Crippen LogP contribution is 2.27. The van der Waals surface area contributed by atoms with E-state index in [9.17, 15) is 9.35 Å². The lowest BCUT2D eigenvalue weighted by atomic mass is 9.87. The van der Waals surface area contributed by atoms with Crippen molar-refractivity contribution in [2.75, 3.05) is 0 Å². The van der Waals surface area contributed by atoms with Gasteiger partial charge in [-0.3, -0.25) is 4.79 Å². The maximum Gasteiger partial charge on any atom is 0.185 e. The van der Waals surface area contributed by atoms with Crippen molar-refractivity contribution in [1.29, 1.82) is 0 Å². The number of allylic oxidation sites excluding steroid dienone is 3. The molecule has 0 spiro atoms. The van der Waals surface area contributed by atoms with Crippen molar-refractivity contribution in [3.8, 4) is 0 Å². The predicted octanol–water partition coefficient (Wildman–Crippen LogP) is 4.69. The maximum atomic E-state index is 12.8. The van der Waals surface area contributed by atoms with Crippen LogP contribution in [0.15, 0.2) is 59.5 Å². The van der Waals surface area contributed by atoms with Crippen LogP contribution in [0.25, 0.3) is 0 Å². The molecule has 1 aromatic carbocycles. The Balaban J connectivity index is 2.18. The molecule has 1 aromatic rings. The second-order valence-electron chi connectivity index (χ2n) is 6.57. The topological polar surface area (TPSA) is 40.1 Å². The smallest absolute Gasteiger partial charge is 0.185 e. The molecule has 0 heterocycles. The molecule has 0 saturated carbocycles. The average Bonchev–Trinajstić information content (AvgIpc) is 2.54. The van der Waals surface area contributed by atoms with E-state index in [0.717, 1.165) is 23.3 Å². The zero-order valence-corrected chi connectivity index (χ0v) is 14.9. The van der Waals surface area contributed by atoms with Gasteiger partial charge in [0.15, 0.2) is 15.9 Å². The lowest BCUT2D eigenvalue weighted by molar-refractivity contribution is -0.119. The number of hydrogen-bond acceptors (Lipinski definition) is 2. The molecule has 0 bridgehead atoms. The van der Waals surface area contributed by atoms with Crippen LogP contribution in [-0.2, 0) is 16.0 Å². The van der Waals surface area contributed by atoms with Gasteiger partial charge < -0.3 is 4.55 Å². The number of carbonyl (C=O) groups is 1. The molecule has 3 heteroatoms. The highest BCUT2D eigenvalue weighted by Gasteiger charge is 2.32. The molecule has 1 aliphatic rings. The summed E-state index contributed by atoms with van der Waals surface area (Å²) in [6.07, 6.45) is 6.93. The molecule has 1 aliphatic carbocycles. The molecule has 0 fully saturated rings. The SMILES string of the molecule is C=C1/C=C/[C@H](C(C)C)CCC(=O)C([S+]([O-])c2ccccc2)CC1. The van der Waals surface area contributed by atoms with Gasteiger partial charge in [-0.1, -0.05) is 56.4 Å². The monoisotopic (exact) mass is 330 g/mol. The number of Topliss-reactive ketones (excluding diaryl/α,β-unsaturated/α-hetero) is 1. The summed E-state index contributed by atoms with van der Waals surface area (Å²) >= 11 is -1.28. The van der Waals surface area contributed by atoms with Crippen LogP contribution in [0, 0.1) is 11.8 Å². The maximum absolute atomic E-state index is 12.8. The summed E-state index contributed by atoms with van der Waals surface area (Å²) in [6.45, 7) is 8.42. The second kappa shape index (κ2) is 8.51. The molecule has 0 aliphatic heterocycles. The summed E-state index contributed by atoms with van der Waals surface area (Å²) in [5, 5.41) is -0.423. The van der Waals surface area contributed by atoms with Crippen LogP contribution in [-0.4, -0.2) is 15.6 Å². The molecular formula is C20H26O2S. The Morgan fingerprint density at radius 2 is 1.87 bits per heavy atom. The third-order valence-electron chi connectivity index (χ3n) is 4.48. The van der Waals surface area contributed by atoms with E-state index in [4.69, 9.17) is 0 Å². The van der Waals surface area contributed by atoms with Gasteiger partial charge in [0.05, 0.1) is 0 Å². The van der Waals surface area contributed by atoms with E-state index < -0.39 is 16.4 Å². The van der Waals surface area contributed by atoms with Crippen molar-refractivity contribution >= 4 is 17.0 Å². The van der Waals surface area contributed by atoms with Crippen molar-refractivity contribution < 1.29 is 9.35 Å². The van der Waals surface area contributed by atoms with Gasteiger partial charge in [-0.15, -0.1) is 0 Å². The van der Waals surface area contributed by atoms with E-state index in [1.807, 2.05) is 30.3 Å². The number of benzene rings is 1. The van der Waals surface area contributed by atoms with E-state index in [2.05, 4.69) is 32.6 Å². The minimum Gasteiger partial charge on any atom is -0.611 e. The molecule has 3 atom stereocenters. The van der Waals surface area contributed by atoms with Crippen LogP contribution in [0.4, 0.5) is 0 Å². The fraction of sp³-hybridized carbons (Fsp3) is 0.450. The van der Waals surface area contributed by atoms with E-state index in [-0.39, 0.29) is 5.78 Å². The molecule has 124 valence electrons. The zero-order valence-electron chi connectivity index (χ0n) is 14.0. The summed E-state index contributed by atoms with van der Waals surface area (Å²) in [5.41, 5.74) is 1.01. The normalized spacial score (nSPS) is 26.1. The first kappa shape index (κ1) is 18.0. The molecule has 0 N–H and O–H groups in total. The molecule has 2 nitrogen and oxygen atoms in total. The lowest BCUT2D eigenvalue weighted by Crippen LogP contribution is -2.31. The Labute approximate surface area is 142 Å². The Morgan fingerprint density at radius 3 is 2.52 bits per heavy atom. The predicted molar refractivity (Wildman–Crippen MR) is 96.7 cm³/mol. The van der Waals surface area contributed by atoms with Crippen molar-refractivity contribution in [3.63, 3.8) is 0 Å². The first-order valence-electron chi connectivity index (χ1n) is 8.33. The number of hydrogen-bond donors (Lipinski definition) is 0. The molecule has 2 unspecified atom stereocenters. The molecule has 0 amide bonds. The van der Waals surface area contributed by atoms with Gasteiger partial charge >= 0.3 is 0 Å². The van der Waals surface area contributed by atoms with Crippen LogP contribution in [0.1, 0.15) is 39.5 Å². The first-order chi connectivity index (χ1) is 11.0. The average molecular weight is 330 g/mol. The molecular weight excluding hydrogens is 304 g/mol. The lowest BCUT2D eigenvalue weighted by Gasteiger charge is -2.23. The van der Waals surface area contributed by atoms with Gasteiger partial charge in [-0.05, 0) is 48.0 Å². The molecule has 0 aromatic heterocycles. The zero-order chi connectivity index (χ0) is 16.8. The van der Waals surface area contributed by atoms with Crippen LogP contribution in [0.3, 0.4) is 0 Å². The van der Waals surface area contributed by atoms with Gasteiger partial charge in [0.1, 0.15) is 0 Å². The Bertz CT molecular complexity index is 562. The number of ketones is 1. The largest absolute Gasteiger partial charge is 0.611 e. The van der Waals surface area contributed by atoms with E-state index in [1.54, 1.807) is 0 Å². The van der Waals surface area contributed by atoms with Crippen LogP contribution < -0.4 is 0 Å². The first-order valence-corrected chi connectivity index (χ1v) is 9.54. The van der Waals surface area contributed by atoms with Gasteiger partial charge in [-0.25, -0.2) is 0 Å². The van der Waals surface area contributed by atoms with Gasteiger partial charge in [0.2, 0.25) is 0 Å². The second-order valence-corrected chi connectivity index (χ2v) is 8.20. The van der Waals surface area contributed by atoms with Crippen molar-refractivity contribution in [1.82, 2.24) is 0 Å². The summed E-state index contributed by atoms with van der Waals surface area (Å²) < 4.78 is 12.8. The van der Waals surface area contributed by atoms with Gasteiger partial charge in [0.25, 0.3) is 0 Å². The quantitative estimate of drug-likeness (QED) is 0.754. The molecule has 2 rings (SSSR count). The molecule has 23 heavy (non-hydrogen) atoms. The Hall–Kier alpha value is -1.32. The molecule has 0 radical (unpaired) electrons. The van der Waals surface area contributed by atoms with Crippen molar-refractivity contribution in [3.05, 3.63) is 54.6 Å². The highest BCUT2D eigenvalue weighted by atomic mass is 32.2. The van der Waals surface area contributed by atoms with Gasteiger partial charge in [0, 0.05) is 12.8 Å². The van der Waals surface area contributed by atoms with E-state index in [0.29, 0.717) is 24.7 Å². The van der Waals surface area contributed by atoms with Crippen LogP contribution in [0.2, 0.25) is 0 Å². The Morgan fingerprint density at radius 1 is 1.17 bits per heavy atom. The Kier molecular flexibility index (Phi) is 6.67. The van der Waals surface area contributed by atoms with Crippen molar-refractivity contribution in [2.24, 2.45) is 11.8 Å². The summed E-state index contributed by atoms with van der Waals surface area (Å²) in [4.78, 5) is 13.4. The fourth-order valence-electron chi connectivity index (χ4n) is 2.89. The summed E-state index contributed by atoms with van der Waals surface area (Å²) in [6, 6.07) is 9.32. The molecule has 0 saturated heterocycles. The summed E-state index contributed by atoms with van der Waals surface area (Å²) in [7, 11) is 0. The minimum atomic E-state index is -1.28. The van der Waals surface area contributed by atoms with E-state index >= 15 is 0 Å².